The Kier molecular flexibility index (Phi) is 1.76. The lowest BCUT2D eigenvalue weighted by atomic mass is 9.91. The van der Waals surface area contributed by atoms with Gasteiger partial charge in [-0.3, -0.25) is 10.1 Å². The number of carbonyl (C=O) groups is 2. The topological polar surface area (TPSA) is 58.6 Å². The quantitative estimate of drug-likeness (QED) is 0.562. The Morgan fingerprint density at radius 1 is 1.38 bits per heavy atom. The second-order valence-electron chi connectivity index (χ2n) is 3.64. The molecule has 0 aromatic rings. The van der Waals surface area contributed by atoms with Gasteiger partial charge in [-0.25, -0.2) is 4.79 Å². The molecule has 5 heteroatoms. The molecule has 0 aliphatic carbocycles. The van der Waals surface area contributed by atoms with Crippen molar-refractivity contribution in [2.45, 2.75) is 18.4 Å². The predicted molar refractivity (Wildman–Crippen MR) is 44.1 cm³/mol. The molecule has 0 atom stereocenters. The SMILES string of the molecule is CN1CCC2(CC1)OC(=O)NC2=O. The van der Waals surface area contributed by atoms with Crippen molar-refractivity contribution in [3.8, 4) is 0 Å². The number of nitrogens with zero attached hydrogens (tertiary/aromatic N) is 1. The summed E-state index contributed by atoms with van der Waals surface area (Å²) in [6, 6.07) is 0. The zero-order valence-corrected chi connectivity index (χ0v) is 7.50. The van der Waals surface area contributed by atoms with E-state index >= 15 is 0 Å². The molecular weight excluding hydrogens is 172 g/mol. The lowest BCUT2D eigenvalue weighted by molar-refractivity contribution is -0.134. The van der Waals surface area contributed by atoms with Crippen molar-refractivity contribution < 1.29 is 14.3 Å². The van der Waals surface area contributed by atoms with Gasteiger partial charge in [-0.1, -0.05) is 0 Å². The highest BCUT2D eigenvalue weighted by molar-refractivity contribution is 6.02. The number of carbonyl (C=O) groups excluding carboxylic acids is 2. The minimum absolute atomic E-state index is 0.273. The molecule has 1 spiro atoms. The first-order valence-electron chi connectivity index (χ1n) is 4.35. The molecule has 13 heavy (non-hydrogen) atoms. The number of ether oxygens (including phenoxy) is 1. The summed E-state index contributed by atoms with van der Waals surface area (Å²) in [4.78, 5) is 24.3. The number of imide groups is 1. The van der Waals surface area contributed by atoms with Gasteiger partial charge in [0.05, 0.1) is 0 Å². The fourth-order valence-corrected chi connectivity index (χ4v) is 1.76. The molecule has 2 heterocycles. The molecule has 2 rings (SSSR count). The molecule has 0 saturated carbocycles. The molecule has 5 nitrogen and oxygen atoms in total. The lowest BCUT2D eigenvalue weighted by Gasteiger charge is -2.33. The van der Waals surface area contributed by atoms with Gasteiger partial charge in [0.15, 0.2) is 5.60 Å². The minimum atomic E-state index is -0.858. The van der Waals surface area contributed by atoms with E-state index in [2.05, 4.69) is 10.2 Å². The molecule has 0 unspecified atom stereocenters. The van der Waals surface area contributed by atoms with Crippen molar-refractivity contribution in [1.82, 2.24) is 10.2 Å². The molecule has 2 aliphatic heterocycles. The zero-order valence-electron chi connectivity index (χ0n) is 7.50. The van der Waals surface area contributed by atoms with Gasteiger partial charge in [-0.15, -0.1) is 0 Å². The van der Waals surface area contributed by atoms with Crippen molar-refractivity contribution in [2.24, 2.45) is 0 Å². The smallest absolute Gasteiger partial charge is 0.415 e. The molecule has 0 aromatic heterocycles. The number of alkyl carbamates (subject to hydrolysis) is 1. The Balaban J connectivity index is 2.13. The number of nitrogens with one attached hydrogen (secondary N) is 1. The number of amides is 2. The highest BCUT2D eigenvalue weighted by Gasteiger charge is 2.49. The highest BCUT2D eigenvalue weighted by atomic mass is 16.6. The summed E-state index contributed by atoms with van der Waals surface area (Å²) in [6.45, 7) is 1.58. The maximum Gasteiger partial charge on any atom is 0.415 e. The van der Waals surface area contributed by atoms with Crippen LogP contribution in [0.1, 0.15) is 12.8 Å². The summed E-state index contributed by atoms with van der Waals surface area (Å²) >= 11 is 0. The zero-order chi connectivity index (χ0) is 9.47. The van der Waals surface area contributed by atoms with Gasteiger partial charge in [-0.05, 0) is 7.05 Å². The van der Waals surface area contributed by atoms with Crippen LogP contribution in [-0.4, -0.2) is 42.6 Å². The maximum atomic E-state index is 11.4. The van der Waals surface area contributed by atoms with E-state index in [0.29, 0.717) is 12.8 Å². The van der Waals surface area contributed by atoms with Crippen molar-refractivity contribution in [3.05, 3.63) is 0 Å². The van der Waals surface area contributed by atoms with Crippen LogP contribution in [0.5, 0.6) is 0 Å². The molecule has 1 N–H and O–H groups in total. The van der Waals surface area contributed by atoms with E-state index < -0.39 is 11.7 Å². The molecular formula is C8H12N2O3. The van der Waals surface area contributed by atoms with E-state index in [-0.39, 0.29) is 5.91 Å². The normalized spacial score (nSPS) is 27.5. The average Bonchev–Trinajstić information content (AvgIpc) is 2.34. The van der Waals surface area contributed by atoms with E-state index in [1.165, 1.54) is 0 Å². The predicted octanol–water partition coefficient (Wildman–Crippen LogP) is -0.283. The second kappa shape index (κ2) is 2.70. The molecule has 2 saturated heterocycles. The number of rotatable bonds is 0. The largest absolute Gasteiger partial charge is 0.432 e. The Hall–Kier alpha value is -1.10. The highest BCUT2D eigenvalue weighted by Crippen LogP contribution is 2.29. The first-order chi connectivity index (χ1) is 6.12. The first-order valence-corrected chi connectivity index (χ1v) is 4.35. The van der Waals surface area contributed by atoms with Crippen LogP contribution in [0, 0.1) is 0 Å². The average molecular weight is 184 g/mol. The van der Waals surface area contributed by atoms with E-state index in [1.54, 1.807) is 0 Å². The summed E-state index contributed by atoms with van der Waals surface area (Å²) in [5.74, 6) is -0.273. The lowest BCUT2D eigenvalue weighted by Crippen LogP contribution is -2.48. The van der Waals surface area contributed by atoms with Crippen LogP contribution in [0.4, 0.5) is 4.79 Å². The molecule has 2 aliphatic rings. The summed E-state index contributed by atoms with van der Waals surface area (Å²) < 4.78 is 5.02. The standard InChI is InChI=1S/C8H12N2O3/c1-10-4-2-8(3-5-10)6(11)9-7(12)13-8/h2-5H2,1H3,(H,9,11,12). The van der Waals surface area contributed by atoms with E-state index in [1.807, 2.05) is 7.05 Å². The maximum absolute atomic E-state index is 11.4. The van der Waals surface area contributed by atoms with E-state index in [4.69, 9.17) is 4.74 Å². The number of likely N-dealkylation sites (tertiary alicyclic amines) is 1. The number of piperidine rings is 1. The number of hydrogen-bond donors (Lipinski definition) is 1. The fourth-order valence-electron chi connectivity index (χ4n) is 1.76. The summed E-state index contributed by atoms with van der Waals surface area (Å²) in [5, 5.41) is 2.17. The van der Waals surface area contributed by atoms with Crippen molar-refractivity contribution in [2.75, 3.05) is 20.1 Å². The minimum Gasteiger partial charge on any atom is -0.432 e. The van der Waals surface area contributed by atoms with E-state index in [0.717, 1.165) is 13.1 Å². The third kappa shape index (κ3) is 1.29. The van der Waals surface area contributed by atoms with Crippen LogP contribution in [0.15, 0.2) is 0 Å². The fraction of sp³-hybridized carbons (Fsp3) is 0.750. The monoisotopic (exact) mass is 184 g/mol. The van der Waals surface area contributed by atoms with Gasteiger partial charge in [0.1, 0.15) is 0 Å². The molecule has 2 amide bonds. The van der Waals surface area contributed by atoms with Gasteiger partial charge in [0.2, 0.25) is 0 Å². The molecule has 0 bridgehead atoms. The third-order valence-electron chi connectivity index (χ3n) is 2.71. The van der Waals surface area contributed by atoms with Crippen molar-refractivity contribution in [1.29, 1.82) is 0 Å². The first kappa shape index (κ1) is 8.50. The Morgan fingerprint density at radius 3 is 2.46 bits per heavy atom. The molecule has 0 aromatic carbocycles. The Bertz CT molecular complexity index is 256. The van der Waals surface area contributed by atoms with E-state index in [9.17, 15) is 9.59 Å². The van der Waals surface area contributed by atoms with Crippen LogP contribution in [0.3, 0.4) is 0 Å². The molecule has 2 fully saturated rings. The van der Waals surface area contributed by atoms with Crippen LogP contribution in [-0.2, 0) is 9.53 Å². The van der Waals surface area contributed by atoms with Crippen LogP contribution < -0.4 is 5.32 Å². The van der Waals surface area contributed by atoms with Crippen LogP contribution in [0.25, 0.3) is 0 Å². The van der Waals surface area contributed by atoms with Gasteiger partial charge >= 0.3 is 6.09 Å². The van der Waals surface area contributed by atoms with Crippen molar-refractivity contribution in [3.63, 3.8) is 0 Å². The van der Waals surface area contributed by atoms with Gasteiger partial charge in [-0.2, -0.15) is 0 Å². The Labute approximate surface area is 76.0 Å². The summed E-state index contributed by atoms with van der Waals surface area (Å²) in [5.41, 5.74) is -0.858. The van der Waals surface area contributed by atoms with Crippen LogP contribution >= 0.6 is 0 Å². The number of hydrogen-bond acceptors (Lipinski definition) is 4. The summed E-state index contributed by atoms with van der Waals surface area (Å²) in [6.07, 6.45) is 0.594. The van der Waals surface area contributed by atoms with Gasteiger partial charge in [0.25, 0.3) is 5.91 Å². The van der Waals surface area contributed by atoms with Crippen LogP contribution in [0.2, 0.25) is 0 Å². The second-order valence-corrected chi connectivity index (χ2v) is 3.64. The molecule has 72 valence electrons. The third-order valence-corrected chi connectivity index (χ3v) is 2.71. The van der Waals surface area contributed by atoms with Gasteiger partial charge < -0.3 is 9.64 Å². The van der Waals surface area contributed by atoms with Gasteiger partial charge in [0, 0.05) is 25.9 Å². The van der Waals surface area contributed by atoms with Crippen molar-refractivity contribution >= 4 is 12.0 Å². The summed E-state index contributed by atoms with van der Waals surface area (Å²) in [7, 11) is 1.99. The molecule has 0 radical (unpaired) electrons. The Morgan fingerprint density at radius 2 is 2.00 bits per heavy atom.